The summed E-state index contributed by atoms with van der Waals surface area (Å²) in [6.07, 6.45) is 3.86. The smallest absolute Gasteiger partial charge is 0.340 e. The first kappa shape index (κ1) is 20.0. The fourth-order valence-electron chi connectivity index (χ4n) is 3.63. The van der Waals surface area contributed by atoms with E-state index >= 15 is 0 Å². The van der Waals surface area contributed by atoms with Crippen molar-refractivity contribution >= 4 is 28.5 Å². The Morgan fingerprint density at radius 3 is 2.87 bits per heavy atom. The summed E-state index contributed by atoms with van der Waals surface area (Å²) in [5, 5.41) is 3.64. The van der Waals surface area contributed by atoms with Gasteiger partial charge in [0.2, 0.25) is 5.91 Å². The molecule has 7 nitrogen and oxygen atoms in total. The highest BCUT2D eigenvalue weighted by Gasteiger charge is 2.17. The number of hydrogen-bond acceptors (Lipinski definition) is 5. The van der Waals surface area contributed by atoms with Crippen LogP contribution in [0.15, 0.2) is 54.7 Å². The lowest BCUT2D eigenvalue weighted by atomic mass is 10.2. The zero-order valence-electron chi connectivity index (χ0n) is 16.8. The molecule has 0 saturated carbocycles. The number of methoxy groups -OCH3 is 1. The third kappa shape index (κ3) is 4.46. The number of anilines is 1. The molecule has 0 aliphatic carbocycles. The number of ether oxygens (including phenoxy) is 3. The van der Waals surface area contributed by atoms with E-state index in [0.29, 0.717) is 23.6 Å². The molecule has 2 aromatic carbocycles. The Morgan fingerprint density at radius 2 is 2.07 bits per heavy atom. The normalized spacial score (nSPS) is 15.8. The van der Waals surface area contributed by atoms with E-state index in [4.69, 9.17) is 14.2 Å². The van der Waals surface area contributed by atoms with E-state index in [1.54, 1.807) is 16.8 Å². The molecular weight excluding hydrogens is 384 g/mol. The van der Waals surface area contributed by atoms with Crippen LogP contribution in [-0.2, 0) is 20.8 Å². The second-order valence-electron chi connectivity index (χ2n) is 7.20. The summed E-state index contributed by atoms with van der Waals surface area (Å²) in [6.45, 7) is 1.36. The van der Waals surface area contributed by atoms with Crippen LogP contribution in [0.2, 0.25) is 0 Å². The minimum absolute atomic E-state index is 0.0680. The third-order valence-electron chi connectivity index (χ3n) is 5.09. The number of aromatic nitrogens is 1. The van der Waals surface area contributed by atoms with Crippen LogP contribution in [0.4, 0.5) is 5.69 Å². The quantitative estimate of drug-likeness (QED) is 0.604. The van der Waals surface area contributed by atoms with Gasteiger partial charge in [-0.3, -0.25) is 4.79 Å². The van der Waals surface area contributed by atoms with Crippen LogP contribution in [0.25, 0.3) is 10.9 Å². The molecular formula is C23H24N2O5. The predicted molar refractivity (Wildman–Crippen MR) is 113 cm³/mol. The molecule has 0 spiro atoms. The molecule has 1 atom stereocenters. The largest absolute Gasteiger partial charge is 0.491 e. The third-order valence-corrected chi connectivity index (χ3v) is 5.09. The van der Waals surface area contributed by atoms with Gasteiger partial charge in [0.1, 0.15) is 18.9 Å². The first-order valence-electron chi connectivity index (χ1n) is 9.94. The Hall–Kier alpha value is -3.32. The second-order valence-corrected chi connectivity index (χ2v) is 7.20. The second kappa shape index (κ2) is 9.00. The van der Waals surface area contributed by atoms with Gasteiger partial charge in [-0.1, -0.05) is 24.3 Å². The molecule has 7 heteroatoms. The zero-order valence-corrected chi connectivity index (χ0v) is 16.8. The van der Waals surface area contributed by atoms with Crippen molar-refractivity contribution < 1.29 is 23.8 Å². The van der Waals surface area contributed by atoms with Crippen LogP contribution in [0.3, 0.4) is 0 Å². The van der Waals surface area contributed by atoms with Crippen LogP contribution in [-0.4, -0.2) is 42.9 Å². The van der Waals surface area contributed by atoms with Gasteiger partial charge < -0.3 is 24.1 Å². The van der Waals surface area contributed by atoms with Crippen LogP contribution in [0.5, 0.6) is 5.75 Å². The van der Waals surface area contributed by atoms with Crippen molar-refractivity contribution in [2.45, 2.75) is 25.5 Å². The molecule has 0 bridgehead atoms. The van der Waals surface area contributed by atoms with Gasteiger partial charge in [0, 0.05) is 35.5 Å². The fourth-order valence-corrected chi connectivity index (χ4v) is 3.63. The maximum Gasteiger partial charge on any atom is 0.340 e. The average molecular weight is 408 g/mol. The SMILES string of the molecule is COC(=O)c1cn(CC(=O)Nc2cccc(OCC3CCCO3)c2)c2ccccc12. The lowest BCUT2D eigenvalue weighted by Crippen LogP contribution is -2.19. The number of esters is 1. The van der Waals surface area contributed by atoms with Crippen molar-refractivity contribution in [2.75, 3.05) is 25.6 Å². The highest BCUT2D eigenvalue weighted by atomic mass is 16.5. The van der Waals surface area contributed by atoms with Gasteiger partial charge in [-0.2, -0.15) is 0 Å². The van der Waals surface area contributed by atoms with E-state index in [0.717, 1.165) is 30.4 Å². The number of nitrogens with one attached hydrogen (secondary N) is 1. The maximum absolute atomic E-state index is 12.6. The van der Waals surface area contributed by atoms with Crippen LogP contribution in [0, 0.1) is 0 Å². The Morgan fingerprint density at radius 1 is 1.20 bits per heavy atom. The van der Waals surface area contributed by atoms with Gasteiger partial charge in [-0.15, -0.1) is 0 Å². The molecule has 0 radical (unpaired) electrons. The summed E-state index contributed by atoms with van der Waals surface area (Å²) in [5.41, 5.74) is 1.88. The van der Waals surface area contributed by atoms with E-state index in [2.05, 4.69) is 5.32 Å². The number of rotatable bonds is 7. The number of carbonyl (C=O) groups excluding carboxylic acids is 2. The molecule has 156 valence electrons. The summed E-state index contributed by atoms with van der Waals surface area (Å²) in [4.78, 5) is 24.7. The summed E-state index contributed by atoms with van der Waals surface area (Å²) in [5.74, 6) is 0.0487. The standard InChI is InChI=1S/C23H24N2O5/c1-28-23(27)20-13-25(21-10-3-2-9-19(20)21)14-22(26)24-16-6-4-7-17(12-16)30-15-18-8-5-11-29-18/h2-4,6-7,9-10,12-13,18H,5,8,11,14-15H2,1H3,(H,24,26). The van der Waals surface area contributed by atoms with Gasteiger partial charge in [0.25, 0.3) is 0 Å². The number of fused-ring (bicyclic) bond motifs is 1. The van der Waals surface area contributed by atoms with Crippen molar-refractivity contribution in [1.82, 2.24) is 4.57 Å². The molecule has 4 rings (SSSR count). The average Bonchev–Trinajstić information content (AvgIpc) is 3.40. The van der Waals surface area contributed by atoms with Crippen molar-refractivity contribution in [3.63, 3.8) is 0 Å². The number of carbonyl (C=O) groups is 2. The molecule has 2 heterocycles. The van der Waals surface area contributed by atoms with E-state index < -0.39 is 5.97 Å². The number of benzene rings is 2. The summed E-state index contributed by atoms with van der Waals surface area (Å²) in [6, 6.07) is 14.7. The minimum Gasteiger partial charge on any atom is -0.491 e. The number of nitrogens with zero attached hydrogens (tertiary/aromatic N) is 1. The lowest BCUT2D eigenvalue weighted by Gasteiger charge is -2.13. The molecule has 1 N–H and O–H groups in total. The Labute approximate surface area is 174 Å². The molecule has 1 aromatic heterocycles. The zero-order chi connectivity index (χ0) is 20.9. The molecule has 1 unspecified atom stereocenters. The van der Waals surface area contributed by atoms with Crippen LogP contribution >= 0.6 is 0 Å². The highest BCUT2D eigenvalue weighted by Crippen LogP contribution is 2.23. The van der Waals surface area contributed by atoms with Crippen LogP contribution in [0.1, 0.15) is 23.2 Å². The Balaban J connectivity index is 1.44. The predicted octanol–water partition coefficient (Wildman–Crippen LogP) is 3.62. The van der Waals surface area contributed by atoms with E-state index in [1.807, 2.05) is 42.5 Å². The van der Waals surface area contributed by atoms with Crippen molar-refractivity contribution in [1.29, 1.82) is 0 Å². The molecule has 30 heavy (non-hydrogen) atoms. The number of para-hydroxylation sites is 1. The van der Waals surface area contributed by atoms with Gasteiger partial charge in [0.05, 0.1) is 18.8 Å². The van der Waals surface area contributed by atoms with E-state index in [1.165, 1.54) is 7.11 Å². The lowest BCUT2D eigenvalue weighted by molar-refractivity contribution is -0.116. The highest BCUT2D eigenvalue weighted by molar-refractivity contribution is 6.05. The van der Waals surface area contributed by atoms with Gasteiger partial charge in [-0.25, -0.2) is 4.79 Å². The number of hydrogen-bond donors (Lipinski definition) is 1. The minimum atomic E-state index is -0.429. The van der Waals surface area contributed by atoms with Crippen LogP contribution < -0.4 is 10.1 Å². The summed E-state index contributed by atoms with van der Waals surface area (Å²) < 4.78 is 18.0. The van der Waals surface area contributed by atoms with E-state index in [9.17, 15) is 9.59 Å². The van der Waals surface area contributed by atoms with Gasteiger partial charge in [-0.05, 0) is 31.0 Å². The van der Waals surface area contributed by atoms with Crippen molar-refractivity contribution in [3.05, 3.63) is 60.3 Å². The fraction of sp³-hybridized carbons (Fsp3) is 0.304. The van der Waals surface area contributed by atoms with Gasteiger partial charge in [0.15, 0.2) is 0 Å². The first-order valence-corrected chi connectivity index (χ1v) is 9.94. The molecule has 1 fully saturated rings. The summed E-state index contributed by atoms with van der Waals surface area (Å²) in [7, 11) is 1.34. The van der Waals surface area contributed by atoms with Crippen molar-refractivity contribution in [3.8, 4) is 5.75 Å². The van der Waals surface area contributed by atoms with Gasteiger partial charge >= 0.3 is 5.97 Å². The molecule has 1 aliphatic heterocycles. The molecule has 3 aromatic rings. The topological polar surface area (TPSA) is 78.8 Å². The van der Waals surface area contributed by atoms with E-state index in [-0.39, 0.29) is 18.6 Å². The molecule has 1 saturated heterocycles. The maximum atomic E-state index is 12.6. The first-order chi connectivity index (χ1) is 14.6. The number of amides is 1. The molecule has 1 aliphatic rings. The Bertz CT molecular complexity index is 1050. The van der Waals surface area contributed by atoms with Crippen molar-refractivity contribution in [2.24, 2.45) is 0 Å². The monoisotopic (exact) mass is 408 g/mol. The Kier molecular flexibility index (Phi) is 5.99. The summed E-state index contributed by atoms with van der Waals surface area (Å²) >= 11 is 0. The molecule has 1 amide bonds.